The summed E-state index contributed by atoms with van der Waals surface area (Å²) < 4.78 is 0. The van der Waals surface area contributed by atoms with Crippen LogP contribution < -0.4 is 10.6 Å². The van der Waals surface area contributed by atoms with Gasteiger partial charge in [-0.15, -0.1) is 24.2 Å². The summed E-state index contributed by atoms with van der Waals surface area (Å²) in [5.41, 5.74) is 0.915. The van der Waals surface area contributed by atoms with Crippen LogP contribution in [0.25, 0.3) is 0 Å². The SMILES string of the molecule is Cl.O=C(Nc1ccc(SC2CCCC2)cc1)C1CCNC1. The number of carbonyl (C=O) groups excluding carboxylic acids is 1. The van der Waals surface area contributed by atoms with E-state index in [2.05, 4.69) is 22.8 Å². The van der Waals surface area contributed by atoms with E-state index in [0.717, 1.165) is 30.4 Å². The highest BCUT2D eigenvalue weighted by molar-refractivity contribution is 8.00. The average molecular weight is 327 g/mol. The molecule has 3 rings (SSSR count). The predicted octanol–water partition coefficient (Wildman–Crippen LogP) is 3.69. The molecule has 1 amide bonds. The van der Waals surface area contributed by atoms with Gasteiger partial charge in [-0.3, -0.25) is 4.79 Å². The van der Waals surface area contributed by atoms with Crippen molar-refractivity contribution in [1.82, 2.24) is 5.32 Å². The molecule has 1 saturated carbocycles. The second-order valence-corrected chi connectivity index (χ2v) is 7.10. The lowest BCUT2D eigenvalue weighted by atomic mass is 10.1. The molecule has 0 spiro atoms. The molecule has 3 nitrogen and oxygen atoms in total. The van der Waals surface area contributed by atoms with Crippen molar-refractivity contribution in [2.24, 2.45) is 5.92 Å². The first kappa shape index (κ1) is 16.7. The molecular weight excluding hydrogens is 304 g/mol. The quantitative estimate of drug-likeness (QED) is 0.886. The highest BCUT2D eigenvalue weighted by Gasteiger charge is 2.22. The molecule has 1 aromatic rings. The van der Waals surface area contributed by atoms with Crippen LogP contribution in [0.5, 0.6) is 0 Å². The topological polar surface area (TPSA) is 41.1 Å². The van der Waals surface area contributed by atoms with Crippen molar-refractivity contribution < 1.29 is 4.79 Å². The van der Waals surface area contributed by atoms with Gasteiger partial charge in [0.1, 0.15) is 0 Å². The second kappa shape index (κ2) is 8.06. The van der Waals surface area contributed by atoms with E-state index in [0.29, 0.717) is 0 Å². The number of anilines is 1. The van der Waals surface area contributed by atoms with Crippen molar-refractivity contribution in [1.29, 1.82) is 0 Å². The van der Waals surface area contributed by atoms with E-state index >= 15 is 0 Å². The van der Waals surface area contributed by atoms with Crippen molar-refractivity contribution in [3.05, 3.63) is 24.3 Å². The van der Waals surface area contributed by atoms with Gasteiger partial charge >= 0.3 is 0 Å². The monoisotopic (exact) mass is 326 g/mol. The van der Waals surface area contributed by atoms with E-state index in [1.165, 1.54) is 30.6 Å². The lowest BCUT2D eigenvalue weighted by Crippen LogP contribution is -2.24. The van der Waals surface area contributed by atoms with Crippen LogP contribution >= 0.6 is 24.2 Å². The third-order valence-corrected chi connectivity index (χ3v) is 5.51. The lowest BCUT2D eigenvalue weighted by molar-refractivity contribution is -0.119. The van der Waals surface area contributed by atoms with Crippen molar-refractivity contribution in [2.45, 2.75) is 42.2 Å². The van der Waals surface area contributed by atoms with Crippen LogP contribution in [0, 0.1) is 5.92 Å². The van der Waals surface area contributed by atoms with Gasteiger partial charge in [0, 0.05) is 22.4 Å². The molecule has 0 radical (unpaired) electrons. The summed E-state index contributed by atoms with van der Waals surface area (Å²) in [4.78, 5) is 13.3. The first-order chi connectivity index (χ1) is 9.81. The first-order valence-electron chi connectivity index (χ1n) is 7.59. The van der Waals surface area contributed by atoms with Gasteiger partial charge in [0.15, 0.2) is 0 Å². The Morgan fingerprint density at radius 3 is 2.48 bits per heavy atom. The third kappa shape index (κ3) is 4.63. The Morgan fingerprint density at radius 2 is 1.86 bits per heavy atom. The number of hydrogen-bond acceptors (Lipinski definition) is 3. The Kier molecular flexibility index (Phi) is 6.40. The maximum absolute atomic E-state index is 12.0. The molecule has 2 fully saturated rings. The van der Waals surface area contributed by atoms with Crippen LogP contribution in [0.3, 0.4) is 0 Å². The highest BCUT2D eigenvalue weighted by atomic mass is 35.5. The molecule has 1 atom stereocenters. The molecule has 0 aromatic heterocycles. The van der Waals surface area contributed by atoms with Crippen molar-refractivity contribution >= 4 is 35.8 Å². The van der Waals surface area contributed by atoms with Crippen molar-refractivity contribution in [3.8, 4) is 0 Å². The van der Waals surface area contributed by atoms with Gasteiger partial charge in [0.2, 0.25) is 5.91 Å². The van der Waals surface area contributed by atoms with Crippen molar-refractivity contribution in [2.75, 3.05) is 18.4 Å². The van der Waals surface area contributed by atoms with Crippen LogP contribution in [-0.4, -0.2) is 24.2 Å². The Bertz CT molecular complexity index is 454. The zero-order chi connectivity index (χ0) is 13.8. The number of benzene rings is 1. The van der Waals surface area contributed by atoms with Crippen LogP contribution in [0.1, 0.15) is 32.1 Å². The molecule has 2 aliphatic rings. The number of amides is 1. The molecule has 21 heavy (non-hydrogen) atoms. The fourth-order valence-corrected chi connectivity index (χ4v) is 4.19. The Labute approximate surface area is 137 Å². The van der Waals surface area contributed by atoms with Gasteiger partial charge in [-0.25, -0.2) is 0 Å². The number of halogens is 1. The first-order valence-corrected chi connectivity index (χ1v) is 8.47. The third-order valence-electron chi connectivity index (χ3n) is 4.16. The minimum absolute atomic E-state index is 0. The molecule has 1 aromatic carbocycles. The molecule has 1 heterocycles. The van der Waals surface area contributed by atoms with E-state index in [9.17, 15) is 4.79 Å². The molecule has 0 bridgehead atoms. The smallest absolute Gasteiger partial charge is 0.228 e. The van der Waals surface area contributed by atoms with E-state index < -0.39 is 0 Å². The summed E-state index contributed by atoms with van der Waals surface area (Å²) in [7, 11) is 0. The summed E-state index contributed by atoms with van der Waals surface area (Å²) in [6.07, 6.45) is 6.39. The Morgan fingerprint density at radius 1 is 1.14 bits per heavy atom. The molecule has 1 saturated heterocycles. The molecule has 1 unspecified atom stereocenters. The number of carbonyl (C=O) groups is 1. The normalized spacial score (nSPS) is 22.0. The minimum atomic E-state index is 0. The highest BCUT2D eigenvalue weighted by Crippen LogP contribution is 2.34. The largest absolute Gasteiger partial charge is 0.326 e. The number of nitrogens with one attached hydrogen (secondary N) is 2. The number of hydrogen-bond donors (Lipinski definition) is 2. The predicted molar refractivity (Wildman–Crippen MR) is 91.4 cm³/mol. The average Bonchev–Trinajstić information content (AvgIpc) is 3.13. The summed E-state index contributed by atoms with van der Waals surface area (Å²) >= 11 is 1.98. The molecule has 2 N–H and O–H groups in total. The number of rotatable bonds is 4. The molecule has 116 valence electrons. The van der Waals surface area contributed by atoms with Gasteiger partial charge in [0.25, 0.3) is 0 Å². The van der Waals surface area contributed by atoms with E-state index in [-0.39, 0.29) is 24.2 Å². The zero-order valence-corrected chi connectivity index (χ0v) is 13.8. The van der Waals surface area contributed by atoms with Crippen LogP contribution in [-0.2, 0) is 4.79 Å². The van der Waals surface area contributed by atoms with Crippen molar-refractivity contribution in [3.63, 3.8) is 0 Å². The van der Waals surface area contributed by atoms with Gasteiger partial charge in [-0.2, -0.15) is 0 Å². The van der Waals surface area contributed by atoms with Gasteiger partial charge in [0.05, 0.1) is 5.92 Å². The maximum Gasteiger partial charge on any atom is 0.228 e. The summed E-state index contributed by atoms with van der Waals surface area (Å²) in [6, 6.07) is 8.31. The van der Waals surface area contributed by atoms with E-state index in [4.69, 9.17) is 0 Å². The zero-order valence-electron chi connectivity index (χ0n) is 12.1. The summed E-state index contributed by atoms with van der Waals surface area (Å²) in [6.45, 7) is 1.76. The number of thioether (sulfide) groups is 1. The van der Waals surface area contributed by atoms with E-state index in [1.807, 2.05) is 23.9 Å². The van der Waals surface area contributed by atoms with Gasteiger partial charge in [-0.1, -0.05) is 12.8 Å². The molecule has 1 aliphatic heterocycles. The minimum Gasteiger partial charge on any atom is -0.326 e. The second-order valence-electron chi connectivity index (χ2n) is 5.73. The summed E-state index contributed by atoms with van der Waals surface area (Å²) in [5.74, 6) is 0.272. The van der Waals surface area contributed by atoms with Crippen LogP contribution in [0.4, 0.5) is 5.69 Å². The van der Waals surface area contributed by atoms with Gasteiger partial charge < -0.3 is 10.6 Å². The van der Waals surface area contributed by atoms with Gasteiger partial charge in [-0.05, 0) is 50.1 Å². The van der Waals surface area contributed by atoms with E-state index in [1.54, 1.807) is 0 Å². The van der Waals surface area contributed by atoms with Crippen LogP contribution in [0.15, 0.2) is 29.2 Å². The lowest BCUT2D eigenvalue weighted by Gasteiger charge is -2.11. The fraction of sp³-hybridized carbons (Fsp3) is 0.562. The molecular formula is C16H23ClN2OS. The molecule has 5 heteroatoms. The maximum atomic E-state index is 12.0. The van der Waals surface area contributed by atoms with Crippen LogP contribution in [0.2, 0.25) is 0 Å². The Hall–Kier alpha value is -0.710. The molecule has 1 aliphatic carbocycles. The fourth-order valence-electron chi connectivity index (χ4n) is 2.94. The Balaban J connectivity index is 0.00000161. The standard InChI is InChI=1S/C16H22N2OS.ClH/c19-16(12-9-10-17-11-12)18-13-5-7-15(8-6-13)20-14-3-1-2-4-14;/h5-8,12,14,17H,1-4,9-11H2,(H,18,19);1H. The summed E-state index contributed by atoms with van der Waals surface area (Å²) in [5, 5.41) is 7.03.